The summed E-state index contributed by atoms with van der Waals surface area (Å²) < 4.78 is 10.2. The van der Waals surface area contributed by atoms with E-state index in [4.69, 9.17) is 0 Å². The number of ether oxygens (including phenoxy) is 1. The third-order valence-corrected chi connectivity index (χ3v) is 25.5. The van der Waals surface area contributed by atoms with Crippen LogP contribution in [0, 0.1) is 0 Å². The number of allylic oxidation sites excluding steroid dienone is 2. The maximum atomic E-state index is 10.0. The Balaban J connectivity index is -0.000000285. The van der Waals surface area contributed by atoms with Crippen molar-refractivity contribution in [2.75, 3.05) is 220 Å². The molecule has 0 aromatic heterocycles. The van der Waals surface area contributed by atoms with Gasteiger partial charge >= 0.3 is 41.5 Å². The van der Waals surface area contributed by atoms with Crippen molar-refractivity contribution in [3.63, 3.8) is 0 Å². The second-order valence-electron chi connectivity index (χ2n) is 37.8. The molecule has 5 fully saturated rings. The smallest absolute Gasteiger partial charge is 0.793 e. The first-order chi connectivity index (χ1) is 66.1. The Morgan fingerprint density at radius 2 is 0.564 bits per heavy atom. The van der Waals surface area contributed by atoms with Crippen LogP contribution in [-0.4, -0.2) is 320 Å². The zero-order chi connectivity index (χ0) is 106. The second kappa shape index (κ2) is 101. The largest absolute Gasteiger partial charge is 1.00 e. The molecule has 0 spiro atoms. The molecule has 3 radical (unpaired) electrons. The molecule has 5 aromatic carbocycles. The van der Waals surface area contributed by atoms with Gasteiger partial charge in [0.05, 0.1) is 0 Å². The Kier molecular flexibility index (Phi) is 107. The number of carbonyl (C=O) groups excluding carboxylic acids is 4. The number of nitrogens with zero attached hydrogens (tertiary/aromatic N) is 9. The van der Waals surface area contributed by atoms with Crippen LogP contribution in [0.25, 0.3) is 0 Å². The molecule has 5 saturated heterocycles. The molecular weight excluding hydrogens is 1850 g/mol. The van der Waals surface area contributed by atoms with E-state index in [0.717, 1.165) is 71.4 Å². The molecule has 0 saturated carbocycles. The second-order valence-corrected chi connectivity index (χ2v) is 47.4. The van der Waals surface area contributed by atoms with E-state index in [1.165, 1.54) is 234 Å². The predicted molar refractivity (Wildman–Crippen MR) is 624 cm³/mol. The SMILES string of the molecule is C/C=C/CC.C=C.CC.CC.CC(=O)OOC(C)=O.CC(C)(C)SCCN1CCN(Cc2ccccc2)CC1.CC(C)(C)SCCN1CCN(Cc2ccccc2)CC1.CC(C)(C)SCCN1CCN(Cc2ccccc2)CC1.CC(C)(C)SCCN1CCN(Cc2ccccc2)CC1.CC(C)(C)SCCN1CCNCC1.CCC.CCC.CCNC.CCOC.O=Cc1ccccc1.[B-]OC(C)=O.[Na+]. The number of hydrogen-bond donors (Lipinski definition) is 2. The minimum atomic E-state index is -0.639. The first-order valence-electron chi connectivity index (χ1n) is 51.6. The first kappa shape index (κ1) is 149. The number of rotatable bonds is 27. The molecule has 0 aliphatic carbocycles. The van der Waals surface area contributed by atoms with Gasteiger partial charge in [0.2, 0.25) is 5.97 Å². The standard InChI is InChI=1S/4C17H28N2S.C10H22N2S.C7H6O.C5H10.C4H6O4.C3H9N.C3H8O.2C3H8.C2H3BO2.2C2H6.C2H4.Na/c4*1-17(2,3)20-14-13-18-9-11-19(12-10-18)15-16-7-5-4-6-8-16;1-10(2,3)13-9-8-12-6-4-11-5-7-12;8-6-7-4-2-1-3-5-7;1-3-5-4-2;1-3(5)7-8-4(2)6;2*1-3-4-2;2*1-3-2;1-2(4)5-3;3*1-2;/h4*4-8H,9-15H2,1-3H3;11H,4-9H2,1-3H3;1-6H;3,5H,4H2,1-2H3;1-2H3;4H,3H2,1-2H3;3H2,1-2H3;2*3H2,1-2H3;1H3;2*1-2H3;1-2H2;/q;;;;;;;;;;;;-1;;;;+1/b;;;;;;5-3+;;;;;;;;;;. The van der Waals surface area contributed by atoms with Gasteiger partial charge < -0.3 is 28.1 Å². The van der Waals surface area contributed by atoms with Gasteiger partial charge in [-0.05, 0) is 56.1 Å². The third-order valence-electron chi connectivity index (χ3n) is 19.3. The van der Waals surface area contributed by atoms with E-state index in [-0.39, 0.29) is 29.6 Å². The van der Waals surface area contributed by atoms with Crippen molar-refractivity contribution in [1.29, 1.82) is 0 Å². The number of piperazine rings is 5. The number of methoxy groups -OCH3 is 1. The zero-order valence-corrected chi connectivity index (χ0v) is 102. The molecule has 140 heavy (non-hydrogen) atoms. The van der Waals surface area contributed by atoms with E-state index in [9.17, 15) is 19.2 Å². The molecule has 10 rings (SSSR count). The van der Waals surface area contributed by atoms with E-state index < -0.39 is 17.9 Å². The monoisotopic (exact) mass is 2050 g/mol. The topological polar surface area (TPSA) is 158 Å². The van der Waals surface area contributed by atoms with Crippen LogP contribution in [0.1, 0.15) is 260 Å². The summed E-state index contributed by atoms with van der Waals surface area (Å²) in [7, 11) is 7.93. The maximum Gasteiger partial charge on any atom is 1.00 e. The quantitative estimate of drug-likeness (QED) is 0.0168. The molecule has 19 nitrogen and oxygen atoms in total. The number of carbonyl (C=O) groups is 4. The minimum absolute atomic E-state index is 0. The molecule has 0 unspecified atom stereocenters. The van der Waals surface area contributed by atoms with Crippen molar-refractivity contribution in [2.45, 2.75) is 277 Å². The molecule has 0 amide bonds. The van der Waals surface area contributed by atoms with Gasteiger partial charge in [-0.25, -0.2) is 19.4 Å². The molecule has 26 heteroatoms. The first-order valence-corrected chi connectivity index (χ1v) is 56.6. The Morgan fingerprint density at radius 1 is 0.379 bits per heavy atom. The molecule has 5 aliphatic rings. The summed E-state index contributed by atoms with van der Waals surface area (Å²) in [6.45, 7) is 105. The Hall–Kier alpha value is -4.01. The van der Waals surface area contributed by atoms with Gasteiger partial charge in [0.15, 0.2) is 0 Å². The molecule has 5 heterocycles. The zero-order valence-electron chi connectivity index (χ0n) is 95.6. The van der Waals surface area contributed by atoms with E-state index in [2.05, 4.69) is 433 Å². The van der Waals surface area contributed by atoms with Crippen LogP contribution >= 0.6 is 58.8 Å². The third kappa shape index (κ3) is 108. The number of nitrogens with one attached hydrogen (secondary N) is 2. The van der Waals surface area contributed by atoms with Crippen LogP contribution in [0.4, 0.5) is 0 Å². The Morgan fingerprint density at radius 3 is 0.700 bits per heavy atom. The predicted octanol–water partition coefficient (Wildman–Crippen LogP) is 21.5. The summed E-state index contributed by atoms with van der Waals surface area (Å²) in [5, 5.41) is 6.30. The van der Waals surface area contributed by atoms with Crippen LogP contribution in [0.15, 0.2) is 177 Å². The minimum Gasteiger partial charge on any atom is -0.793 e. The maximum absolute atomic E-state index is 10.0. The van der Waals surface area contributed by atoms with Gasteiger partial charge in [-0.1, -0.05) is 350 Å². The van der Waals surface area contributed by atoms with Crippen molar-refractivity contribution >= 4 is 91.1 Å². The number of aldehydes is 1. The van der Waals surface area contributed by atoms with Crippen LogP contribution in [0.3, 0.4) is 0 Å². The van der Waals surface area contributed by atoms with Crippen LogP contribution in [0.5, 0.6) is 0 Å². The van der Waals surface area contributed by atoms with E-state index in [1.54, 1.807) is 19.2 Å². The molecule has 5 aliphatic heterocycles. The fraction of sp³-hybridized carbons (Fsp3) is 0.667. The van der Waals surface area contributed by atoms with E-state index >= 15 is 0 Å². The van der Waals surface area contributed by atoms with E-state index in [1.807, 2.05) is 66.8 Å². The van der Waals surface area contributed by atoms with Gasteiger partial charge in [-0.15, -0.1) is 13.2 Å². The molecule has 2 N–H and O–H groups in total. The van der Waals surface area contributed by atoms with Gasteiger partial charge in [0.25, 0.3) is 0 Å². The molecule has 0 atom stereocenters. The molecular formula is C114H208BN11NaO8S5. The Labute approximate surface area is 907 Å². The number of thioether (sulfide) groups is 5. The van der Waals surface area contributed by atoms with Gasteiger partial charge in [0.1, 0.15) is 6.29 Å². The summed E-state index contributed by atoms with van der Waals surface area (Å²) in [5.74, 6) is 4.53. The van der Waals surface area contributed by atoms with E-state index in [0.29, 0.717) is 23.7 Å². The fourth-order valence-corrected chi connectivity index (χ4v) is 17.1. The fourth-order valence-electron chi connectivity index (χ4n) is 12.3. The van der Waals surface area contributed by atoms with Gasteiger partial charge in [-0.3, -0.25) is 53.7 Å². The van der Waals surface area contributed by atoms with Crippen LogP contribution < -0.4 is 40.2 Å². The van der Waals surface area contributed by atoms with Crippen molar-refractivity contribution in [3.8, 4) is 0 Å². The summed E-state index contributed by atoms with van der Waals surface area (Å²) in [5.41, 5.74) is 6.47. The molecule has 801 valence electrons. The summed E-state index contributed by atoms with van der Waals surface area (Å²) in [6, 6.07) is 52.4. The van der Waals surface area contributed by atoms with Crippen molar-refractivity contribution < 1.29 is 67.9 Å². The molecule has 5 aromatic rings. The van der Waals surface area contributed by atoms with Crippen molar-refractivity contribution in [3.05, 3.63) is 205 Å². The molecule has 0 bridgehead atoms. The van der Waals surface area contributed by atoms with Gasteiger partial charge in [-0.2, -0.15) is 58.8 Å². The summed E-state index contributed by atoms with van der Waals surface area (Å²) >= 11 is 10.4. The number of hydrogen-bond acceptors (Lipinski definition) is 24. The summed E-state index contributed by atoms with van der Waals surface area (Å²) in [6.07, 6.45) is 8.68. The summed E-state index contributed by atoms with van der Waals surface area (Å²) in [4.78, 5) is 70.1. The average Bonchev–Trinajstić information content (AvgIpc) is 0.896. The number of benzene rings is 5. The Bertz CT molecular complexity index is 3130. The average molecular weight is 2060 g/mol. The van der Waals surface area contributed by atoms with Crippen LogP contribution in [-0.2, 0) is 59.7 Å². The van der Waals surface area contributed by atoms with Crippen molar-refractivity contribution in [1.82, 2.24) is 54.7 Å². The normalized spacial score (nSPS) is 14.7. The van der Waals surface area contributed by atoms with Crippen LogP contribution in [0.2, 0.25) is 0 Å². The van der Waals surface area contributed by atoms with Gasteiger partial charge in [0, 0.05) is 282 Å². The van der Waals surface area contributed by atoms with Crippen molar-refractivity contribution in [2.24, 2.45) is 0 Å².